The van der Waals surface area contributed by atoms with Crippen LogP contribution in [0.3, 0.4) is 0 Å². The number of benzene rings is 1. The molecule has 1 aliphatic heterocycles. The van der Waals surface area contributed by atoms with Crippen LogP contribution in [0.15, 0.2) is 30.3 Å². The maximum atomic E-state index is 11.0. The smallest absolute Gasteiger partial charge is 0.338 e. The third-order valence-electron chi connectivity index (χ3n) is 1.73. The number of hydrogen-bond acceptors (Lipinski definition) is 4. The summed E-state index contributed by atoms with van der Waals surface area (Å²) in [5, 5.41) is 0. The van der Waals surface area contributed by atoms with Crippen LogP contribution < -0.4 is 0 Å². The van der Waals surface area contributed by atoms with E-state index in [1.807, 2.05) is 6.07 Å². The molecule has 0 bridgehead atoms. The Morgan fingerprint density at radius 3 is 2.12 bits per heavy atom. The molecule has 0 saturated carbocycles. The van der Waals surface area contributed by atoms with Crippen molar-refractivity contribution in [2.75, 3.05) is 17.0 Å². The van der Waals surface area contributed by atoms with Crippen LogP contribution in [0.25, 0.3) is 0 Å². The molecular weight excluding hydrogens is 296 g/mol. The minimum absolute atomic E-state index is 0.237. The zero-order valence-electron chi connectivity index (χ0n) is 8.43. The van der Waals surface area contributed by atoms with Gasteiger partial charge in [0, 0.05) is 0 Å². The molecule has 88 valence electrons. The summed E-state index contributed by atoms with van der Waals surface area (Å²) in [4.78, 5) is 11.0. The Balaban J connectivity index is 0.000000212. The van der Waals surface area contributed by atoms with Crippen molar-refractivity contribution in [1.29, 1.82) is 0 Å². The highest BCUT2D eigenvalue weighted by molar-refractivity contribution is 9.09. The molecule has 6 heteroatoms. The average Bonchev–Trinajstić information content (AvgIpc) is 2.96. The monoisotopic (exact) mass is 306 g/mol. The van der Waals surface area contributed by atoms with Gasteiger partial charge in [-0.05, 0) is 28.1 Å². The van der Waals surface area contributed by atoms with Crippen LogP contribution >= 0.6 is 15.9 Å². The van der Waals surface area contributed by atoms with Crippen LogP contribution in [-0.2, 0) is 14.6 Å². The van der Waals surface area contributed by atoms with Gasteiger partial charge in [0.15, 0.2) is 9.84 Å². The minimum atomic E-state index is -2.42. The summed E-state index contributed by atoms with van der Waals surface area (Å²) in [6, 6.07) is 8.87. The van der Waals surface area contributed by atoms with Crippen molar-refractivity contribution >= 4 is 31.7 Å². The lowest BCUT2D eigenvalue weighted by Crippen LogP contribution is -2.02. The SMILES string of the molecule is O=C(OCBr)c1ccccc1.O=S1(=O)CC1. The standard InChI is InChI=1S/C8H7BrO2.C2H4O2S/c9-6-11-8(10)7-4-2-1-3-5-7;3-5(4)1-2-5/h1-5H,6H2;1-2H2. The number of sulfone groups is 1. The van der Waals surface area contributed by atoms with Gasteiger partial charge in [-0.15, -0.1) is 0 Å². The van der Waals surface area contributed by atoms with Crippen LogP contribution in [0.2, 0.25) is 0 Å². The summed E-state index contributed by atoms with van der Waals surface area (Å²) in [7, 11) is -2.42. The van der Waals surface area contributed by atoms with Crippen molar-refractivity contribution < 1.29 is 17.9 Å². The van der Waals surface area contributed by atoms with Gasteiger partial charge in [0.2, 0.25) is 0 Å². The molecule has 0 aliphatic carbocycles. The molecule has 0 spiro atoms. The van der Waals surface area contributed by atoms with Gasteiger partial charge in [-0.1, -0.05) is 18.2 Å². The van der Waals surface area contributed by atoms with Crippen molar-refractivity contribution in [3.05, 3.63) is 35.9 Å². The molecule has 1 heterocycles. The molecule has 0 amide bonds. The topological polar surface area (TPSA) is 60.4 Å². The number of carbonyl (C=O) groups is 1. The lowest BCUT2D eigenvalue weighted by Gasteiger charge is -1.98. The molecule has 1 aromatic carbocycles. The van der Waals surface area contributed by atoms with E-state index in [-0.39, 0.29) is 11.5 Å². The molecular formula is C10H11BrO4S. The van der Waals surface area contributed by atoms with E-state index in [1.54, 1.807) is 24.3 Å². The maximum Gasteiger partial charge on any atom is 0.338 e. The predicted octanol–water partition coefficient (Wildman–Crippen LogP) is 1.61. The molecule has 0 aromatic heterocycles. The number of rotatable bonds is 2. The largest absolute Gasteiger partial charge is 0.450 e. The van der Waals surface area contributed by atoms with Crippen LogP contribution in [0.4, 0.5) is 0 Å². The number of ether oxygens (including phenoxy) is 1. The van der Waals surface area contributed by atoms with Crippen molar-refractivity contribution in [1.82, 2.24) is 0 Å². The Hall–Kier alpha value is -0.880. The maximum absolute atomic E-state index is 11.0. The lowest BCUT2D eigenvalue weighted by atomic mass is 10.2. The molecule has 1 aliphatic rings. The first-order valence-corrected chi connectivity index (χ1v) is 7.48. The van der Waals surface area contributed by atoms with E-state index >= 15 is 0 Å². The lowest BCUT2D eigenvalue weighted by molar-refractivity contribution is 0.0584. The molecule has 0 atom stereocenters. The second kappa shape index (κ2) is 6.00. The first-order chi connectivity index (χ1) is 7.55. The molecule has 4 nitrogen and oxygen atoms in total. The normalized spacial score (nSPS) is 15.6. The predicted molar refractivity (Wildman–Crippen MR) is 64.3 cm³/mol. The van der Waals surface area contributed by atoms with Gasteiger partial charge in [0.05, 0.1) is 17.1 Å². The molecule has 0 N–H and O–H groups in total. The van der Waals surface area contributed by atoms with Crippen LogP contribution in [0.5, 0.6) is 0 Å². The summed E-state index contributed by atoms with van der Waals surface area (Å²) in [6.07, 6.45) is 0. The third kappa shape index (κ3) is 5.27. The molecule has 2 rings (SSSR count). The number of hydrogen-bond donors (Lipinski definition) is 0. The molecule has 1 saturated heterocycles. The second-order valence-electron chi connectivity index (χ2n) is 3.06. The number of halogens is 1. The number of alkyl halides is 1. The first kappa shape index (κ1) is 13.2. The van der Waals surface area contributed by atoms with Crippen molar-refractivity contribution in [3.8, 4) is 0 Å². The highest BCUT2D eigenvalue weighted by Crippen LogP contribution is 2.04. The van der Waals surface area contributed by atoms with E-state index in [1.165, 1.54) is 0 Å². The summed E-state index contributed by atoms with van der Waals surface area (Å²) < 4.78 is 24.2. The Morgan fingerprint density at radius 2 is 1.75 bits per heavy atom. The molecule has 1 aromatic rings. The van der Waals surface area contributed by atoms with Crippen molar-refractivity contribution in [2.24, 2.45) is 0 Å². The second-order valence-corrected chi connectivity index (χ2v) is 5.82. The van der Waals surface area contributed by atoms with Crippen molar-refractivity contribution in [2.45, 2.75) is 0 Å². The van der Waals surface area contributed by atoms with Gasteiger partial charge in [-0.25, -0.2) is 13.2 Å². The first-order valence-electron chi connectivity index (χ1n) is 4.54. The van der Waals surface area contributed by atoms with Gasteiger partial charge in [0.25, 0.3) is 0 Å². The molecule has 16 heavy (non-hydrogen) atoms. The van der Waals surface area contributed by atoms with Gasteiger partial charge in [0.1, 0.15) is 5.52 Å². The Morgan fingerprint density at radius 1 is 1.25 bits per heavy atom. The quantitative estimate of drug-likeness (QED) is 0.473. The minimum Gasteiger partial charge on any atom is -0.450 e. The fraction of sp³-hybridized carbons (Fsp3) is 0.300. The van der Waals surface area contributed by atoms with Gasteiger partial charge in [-0.3, -0.25) is 0 Å². The highest BCUT2D eigenvalue weighted by Gasteiger charge is 2.25. The van der Waals surface area contributed by atoms with Gasteiger partial charge in [-0.2, -0.15) is 0 Å². The summed E-state index contributed by atoms with van der Waals surface area (Å²) in [5.41, 5.74) is 0.813. The Kier molecular flexibility index (Phi) is 4.95. The van der Waals surface area contributed by atoms with Crippen LogP contribution in [0.1, 0.15) is 10.4 Å². The fourth-order valence-electron chi connectivity index (χ4n) is 0.775. The Labute approximate surface area is 103 Å². The van der Waals surface area contributed by atoms with E-state index in [9.17, 15) is 13.2 Å². The Bertz CT molecular complexity index is 431. The summed E-state index contributed by atoms with van der Waals surface area (Å²) in [5.74, 6) is 0.544. The van der Waals surface area contributed by atoms with Crippen LogP contribution in [-0.4, -0.2) is 31.4 Å². The zero-order valence-corrected chi connectivity index (χ0v) is 10.8. The zero-order chi connectivity index (χ0) is 12.0. The summed E-state index contributed by atoms with van der Waals surface area (Å²) in [6.45, 7) is 0. The molecule has 1 fully saturated rings. The van der Waals surface area contributed by atoms with Gasteiger partial charge < -0.3 is 4.74 Å². The molecule has 0 unspecified atom stereocenters. The van der Waals surface area contributed by atoms with E-state index < -0.39 is 9.84 Å². The van der Waals surface area contributed by atoms with E-state index in [0.717, 1.165) is 0 Å². The number of esters is 1. The highest BCUT2D eigenvalue weighted by atomic mass is 79.9. The van der Waals surface area contributed by atoms with Crippen LogP contribution in [0, 0.1) is 0 Å². The van der Waals surface area contributed by atoms with Gasteiger partial charge >= 0.3 is 5.97 Å². The average molecular weight is 307 g/mol. The van der Waals surface area contributed by atoms with E-state index in [4.69, 9.17) is 4.74 Å². The fourth-order valence-corrected chi connectivity index (χ4v) is 1.53. The van der Waals surface area contributed by atoms with E-state index in [0.29, 0.717) is 17.1 Å². The molecule has 0 radical (unpaired) electrons. The number of carbonyl (C=O) groups excluding carboxylic acids is 1. The van der Waals surface area contributed by atoms with E-state index in [2.05, 4.69) is 15.9 Å². The summed E-state index contributed by atoms with van der Waals surface area (Å²) >= 11 is 3.00. The third-order valence-corrected chi connectivity index (χ3v) is 3.04. The van der Waals surface area contributed by atoms with Crippen molar-refractivity contribution in [3.63, 3.8) is 0 Å².